The molecule has 4 nitrogen and oxygen atoms in total. The quantitative estimate of drug-likeness (QED) is 0.177. The Morgan fingerprint density at radius 2 is 0.923 bits per heavy atom. The molecular weight excluding hydrogens is 635 g/mol. The summed E-state index contributed by atoms with van der Waals surface area (Å²) < 4.78 is 6.72. The molecule has 0 saturated heterocycles. The highest BCUT2D eigenvalue weighted by molar-refractivity contribution is 5.76. The van der Waals surface area contributed by atoms with Crippen LogP contribution in [0.5, 0.6) is 11.5 Å². The van der Waals surface area contributed by atoms with Crippen molar-refractivity contribution in [3.63, 3.8) is 0 Å². The molecule has 1 aromatic heterocycles. The van der Waals surface area contributed by atoms with E-state index in [1.165, 1.54) is 11.1 Å². The normalized spacial score (nSPS) is 12.5. The van der Waals surface area contributed by atoms with Gasteiger partial charge in [-0.05, 0) is 52.6 Å². The zero-order valence-electron chi connectivity index (χ0n) is 28.1. The van der Waals surface area contributed by atoms with Crippen LogP contribution >= 0.6 is 0 Å². The molecule has 0 unspecified atom stereocenters. The maximum absolute atomic E-state index is 9.32. The lowest BCUT2D eigenvalue weighted by Gasteiger charge is -2.41. The van der Waals surface area contributed by atoms with Gasteiger partial charge in [0.25, 0.3) is 0 Å². The van der Waals surface area contributed by atoms with Gasteiger partial charge in [-0.3, -0.25) is 0 Å². The average molecular weight is 666 g/mol. The van der Waals surface area contributed by atoms with Gasteiger partial charge in [-0.1, -0.05) is 158 Å². The van der Waals surface area contributed by atoms with Crippen molar-refractivity contribution >= 4 is 0 Å². The van der Waals surface area contributed by atoms with Crippen LogP contribution in [0.2, 0.25) is 0 Å². The van der Waals surface area contributed by atoms with E-state index in [1.54, 1.807) is 0 Å². The van der Waals surface area contributed by atoms with Crippen LogP contribution in [0.25, 0.3) is 45.0 Å². The van der Waals surface area contributed by atoms with Crippen molar-refractivity contribution in [2.24, 2.45) is 0 Å². The second-order valence-electron chi connectivity index (χ2n) is 12.9. The first-order valence-electron chi connectivity index (χ1n) is 17.3. The lowest BCUT2D eigenvalue weighted by atomic mass is 9.63. The first-order valence-corrected chi connectivity index (χ1v) is 17.3. The number of fused-ring (bicyclic) bond motifs is 2. The highest BCUT2D eigenvalue weighted by Crippen LogP contribution is 2.55. The van der Waals surface area contributed by atoms with Gasteiger partial charge in [0.2, 0.25) is 0 Å². The molecule has 0 N–H and O–H groups in total. The topological polar surface area (TPSA) is 58.8 Å². The van der Waals surface area contributed by atoms with Gasteiger partial charge < -0.3 is 4.74 Å². The van der Waals surface area contributed by atoms with E-state index >= 15 is 0 Å². The molecular formula is C48H31N3O. The molecule has 1 aliphatic heterocycles. The van der Waals surface area contributed by atoms with Gasteiger partial charge in [0.05, 0.1) is 28.4 Å². The number of hydrogen-bond acceptors (Lipinski definition) is 4. The minimum absolute atomic E-state index is 0.553. The molecule has 0 saturated carbocycles. The van der Waals surface area contributed by atoms with E-state index in [9.17, 15) is 5.26 Å². The van der Waals surface area contributed by atoms with Crippen molar-refractivity contribution in [3.05, 3.63) is 216 Å². The molecule has 1 aliphatic rings. The van der Waals surface area contributed by atoms with Gasteiger partial charge in [0.15, 0.2) is 5.82 Å². The third-order valence-electron chi connectivity index (χ3n) is 9.89. The highest BCUT2D eigenvalue weighted by atomic mass is 16.5. The molecule has 0 spiro atoms. The highest BCUT2D eigenvalue weighted by Gasteiger charge is 2.45. The van der Waals surface area contributed by atoms with Crippen LogP contribution in [0.15, 0.2) is 188 Å². The summed E-state index contributed by atoms with van der Waals surface area (Å²) in [6, 6.07) is 66.6. The Kier molecular flexibility index (Phi) is 7.72. The first kappa shape index (κ1) is 30.9. The van der Waals surface area contributed by atoms with Crippen molar-refractivity contribution in [2.45, 2.75) is 5.41 Å². The number of aromatic nitrogens is 2. The van der Waals surface area contributed by atoms with Crippen LogP contribution in [0.4, 0.5) is 0 Å². The number of benzene rings is 7. The molecule has 0 radical (unpaired) electrons. The summed E-state index contributed by atoms with van der Waals surface area (Å²) in [4.78, 5) is 10.0. The van der Waals surface area contributed by atoms with Gasteiger partial charge in [0, 0.05) is 27.8 Å². The van der Waals surface area contributed by atoms with Gasteiger partial charge in [0.1, 0.15) is 11.5 Å². The summed E-state index contributed by atoms with van der Waals surface area (Å²) in [5.74, 6) is 2.32. The fraction of sp³-hybridized carbons (Fsp3) is 0.0208. The van der Waals surface area contributed by atoms with E-state index in [0.29, 0.717) is 11.4 Å². The molecule has 244 valence electrons. The molecule has 0 aliphatic carbocycles. The fourth-order valence-corrected chi connectivity index (χ4v) is 7.40. The molecule has 0 atom stereocenters. The molecule has 4 heteroatoms. The van der Waals surface area contributed by atoms with Crippen molar-refractivity contribution in [1.29, 1.82) is 5.26 Å². The van der Waals surface area contributed by atoms with Crippen molar-refractivity contribution in [1.82, 2.24) is 9.97 Å². The minimum Gasteiger partial charge on any atom is -0.457 e. The molecule has 0 bridgehead atoms. The zero-order chi connectivity index (χ0) is 34.9. The number of nitriles is 1. The van der Waals surface area contributed by atoms with Gasteiger partial charge in [-0.2, -0.15) is 5.26 Å². The van der Waals surface area contributed by atoms with Crippen molar-refractivity contribution in [3.8, 4) is 62.6 Å². The second kappa shape index (κ2) is 13.0. The summed E-state index contributed by atoms with van der Waals surface area (Å²) in [5, 5.41) is 9.32. The summed E-state index contributed by atoms with van der Waals surface area (Å²) in [5.41, 5.74) is 11.2. The number of para-hydroxylation sites is 1. The summed E-state index contributed by atoms with van der Waals surface area (Å²) in [6.07, 6.45) is 0. The van der Waals surface area contributed by atoms with Gasteiger partial charge in [-0.15, -0.1) is 0 Å². The average Bonchev–Trinajstić information content (AvgIpc) is 3.23. The largest absolute Gasteiger partial charge is 0.457 e. The zero-order valence-corrected chi connectivity index (χ0v) is 28.1. The second-order valence-corrected chi connectivity index (χ2v) is 12.9. The third kappa shape index (κ3) is 5.33. The van der Waals surface area contributed by atoms with Crippen LogP contribution in [0.1, 0.15) is 27.8 Å². The first-order chi connectivity index (χ1) is 25.7. The predicted molar refractivity (Wildman–Crippen MR) is 207 cm³/mol. The maximum atomic E-state index is 9.32. The van der Waals surface area contributed by atoms with E-state index < -0.39 is 5.41 Å². The van der Waals surface area contributed by atoms with Crippen molar-refractivity contribution in [2.75, 3.05) is 0 Å². The van der Waals surface area contributed by atoms with E-state index in [0.717, 1.165) is 61.8 Å². The number of rotatable bonds is 6. The Balaban J connectivity index is 1.13. The lowest BCUT2D eigenvalue weighted by Crippen LogP contribution is -2.34. The van der Waals surface area contributed by atoms with E-state index in [4.69, 9.17) is 14.7 Å². The number of ether oxygens (including phenoxy) is 1. The van der Waals surface area contributed by atoms with Gasteiger partial charge >= 0.3 is 0 Å². The van der Waals surface area contributed by atoms with Crippen LogP contribution in [0.3, 0.4) is 0 Å². The fourth-order valence-electron chi connectivity index (χ4n) is 7.40. The molecule has 0 fully saturated rings. The molecule has 52 heavy (non-hydrogen) atoms. The molecule has 2 heterocycles. The Labute approximate surface area is 303 Å². The molecule has 8 aromatic rings. The van der Waals surface area contributed by atoms with E-state index in [-0.39, 0.29) is 0 Å². The van der Waals surface area contributed by atoms with E-state index in [1.807, 2.05) is 54.6 Å². The molecule has 9 rings (SSSR count). The molecule has 0 amide bonds. The Morgan fingerprint density at radius 3 is 1.56 bits per heavy atom. The summed E-state index contributed by atoms with van der Waals surface area (Å²) in [7, 11) is 0. The summed E-state index contributed by atoms with van der Waals surface area (Å²) >= 11 is 0. The summed E-state index contributed by atoms with van der Waals surface area (Å²) in [6.45, 7) is 0. The standard InChI is InChI=1S/C48H31N3O/c49-32-33-20-22-36(23-21-33)44-31-43(35-12-4-1-5-13-35)50-47(51-44)37-26-24-34(25-27-37)38-28-29-42-46(30-38)52-45-19-11-10-18-41(45)48(42,39-14-6-2-7-15-39)40-16-8-3-9-17-40/h1-31H. The van der Waals surface area contributed by atoms with Crippen molar-refractivity contribution < 1.29 is 4.74 Å². The Hall–Kier alpha value is -7.09. The van der Waals surface area contributed by atoms with E-state index in [2.05, 4.69) is 140 Å². The van der Waals surface area contributed by atoms with Crippen LogP contribution < -0.4 is 4.74 Å². The number of nitrogens with zero attached hydrogens (tertiary/aromatic N) is 3. The predicted octanol–water partition coefficient (Wildman–Crippen LogP) is 11.5. The van der Waals surface area contributed by atoms with Crippen LogP contribution in [-0.2, 0) is 5.41 Å². The monoisotopic (exact) mass is 665 g/mol. The number of hydrogen-bond donors (Lipinski definition) is 0. The smallest absolute Gasteiger partial charge is 0.160 e. The maximum Gasteiger partial charge on any atom is 0.160 e. The van der Waals surface area contributed by atoms with Gasteiger partial charge in [-0.25, -0.2) is 9.97 Å². The Morgan fingerprint density at radius 1 is 0.423 bits per heavy atom. The minimum atomic E-state index is -0.553. The third-order valence-corrected chi connectivity index (χ3v) is 9.89. The van der Waals surface area contributed by atoms with Crippen LogP contribution in [-0.4, -0.2) is 9.97 Å². The molecule has 7 aromatic carbocycles. The Bertz CT molecular complexity index is 2540. The van der Waals surface area contributed by atoms with Crippen LogP contribution in [0, 0.1) is 11.3 Å². The lowest BCUT2D eigenvalue weighted by molar-refractivity contribution is 0.435. The SMILES string of the molecule is N#Cc1ccc(-c2cc(-c3ccccc3)nc(-c3ccc(-c4ccc5c(c4)Oc4ccccc4C5(c4ccccc4)c4ccccc4)cc3)n2)cc1.